The minimum absolute atomic E-state index is 0.0822. The van der Waals surface area contributed by atoms with Gasteiger partial charge in [-0.25, -0.2) is 4.98 Å². The number of amides is 2. The molecule has 162 valence electrons. The number of nitrogens with one attached hydrogen (secondary N) is 2. The SMILES string of the molecule is CC(C)c1ccc(NC(=O)/C(C#N)=C/c2ccccc2OCC(=O)Nc2nccs2)cc1. The molecular formula is C24H22N4O3S. The molecule has 0 saturated carbocycles. The van der Waals surface area contributed by atoms with E-state index < -0.39 is 5.91 Å². The van der Waals surface area contributed by atoms with Gasteiger partial charge in [-0.15, -0.1) is 11.3 Å². The number of para-hydroxylation sites is 1. The van der Waals surface area contributed by atoms with Crippen molar-refractivity contribution in [3.63, 3.8) is 0 Å². The molecule has 2 N–H and O–H groups in total. The van der Waals surface area contributed by atoms with Crippen molar-refractivity contribution in [3.05, 3.63) is 76.8 Å². The average molecular weight is 447 g/mol. The van der Waals surface area contributed by atoms with E-state index in [2.05, 4.69) is 29.5 Å². The molecule has 3 aromatic rings. The smallest absolute Gasteiger partial charge is 0.266 e. The lowest BCUT2D eigenvalue weighted by Crippen LogP contribution is -2.20. The van der Waals surface area contributed by atoms with E-state index >= 15 is 0 Å². The van der Waals surface area contributed by atoms with Crippen LogP contribution in [0.15, 0.2) is 65.7 Å². The van der Waals surface area contributed by atoms with E-state index in [1.807, 2.05) is 18.2 Å². The summed E-state index contributed by atoms with van der Waals surface area (Å²) in [5.41, 5.74) is 2.19. The second-order valence-corrected chi connectivity index (χ2v) is 8.01. The molecule has 0 unspecified atom stereocenters. The van der Waals surface area contributed by atoms with Gasteiger partial charge in [0.05, 0.1) is 0 Å². The molecule has 1 aromatic heterocycles. The van der Waals surface area contributed by atoms with Crippen LogP contribution < -0.4 is 15.4 Å². The molecule has 0 spiro atoms. The number of anilines is 2. The summed E-state index contributed by atoms with van der Waals surface area (Å²) >= 11 is 1.30. The number of thiazole rings is 1. The minimum atomic E-state index is -0.527. The first-order valence-corrected chi connectivity index (χ1v) is 10.8. The maximum absolute atomic E-state index is 12.6. The van der Waals surface area contributed by atoms with E-state index in [0.29, 0.717) is 28.0 Å². The van der Waals surface area contributed by atoms with Crippen LogP contribution in [-0.2, 0) is 9.59 Å². The van der Waals surface area contributed by atoms with Gasteiger partial charge in [0, 0.05) is 22.8 Å². The molecule has 2 amide bonds. The third kappa shape index (κ3) is 6.27. The van der Waals surface area contributed by atoms with Gasteiger partial charge < -0.3 is 10.1 Å². The first-order chi connectivity index (χ1) is 15.5. The second kappa shape index (κ2) is 10.9. The van der Waals surface area contributed by atoms with Crippen LogP contribution in [0.5, 0.6) is 5.75 Å². The minimum Gasteiger partial charge on any atom is -0.483 e. The number of nitriles is 1. The third-order valence-electron chi connectivity index (χ3n) is 4.46. The topological polar surface area (TPSA) is 104 Å². The predicted molar refractivity (Wildman–Crippen MR) is 125 cm³/mol. The molecule has 0 bridgehead atoms. The molecule has 0 aliphatic heterocycles. The van der Waals surface area contributed by atoms with E-state index in [1.54, 1.807) is 48.0 Å². The Kier molecular flexibility index (Phi) is 7.73. The molecule has 0 saturated heterocycles. The van der Waals surface area contributed by atoms with Crippen LogP contribution >= 0.6 is 11.3 Å². The summed E-state index contributed by atoms with van der Waals surface area (Å²) in [6.45, 7) is 3.94. The van der Waals surface area contributed by atoms with Crippen LogP contribution in [0.4, 0.5) is 10.8 Å². The first-order valence-electron chi connectivity index (χ1n) is 9.90. The van der Waals surface area contributed by atoms with E-state index in [-0.39, 0.29) is 18.1 Å². The molecule has 7 nitrogen and oxygen atoms in total. The summed E-state index contributed by atoms with van der Waals surface area (Å²) < 4.78 is 5.61. The Morgan fingerprint density at radius 2 is 1.91 bits per heavy atom. The molecule has 0 atom stereocenters. The van der Waals surface area contributed by atoms with Gasteiger partial charge in [0.25, 0.3) is 11.8 Å². The van der Waals surface area contributed by atoms with Crippen molar-refractivity contribution in [3.8, 4) is 11.8 Å². The largest absolute Gasteiger partial charge is 0.483 e. The van der Waals surface area contributed by atoms with E-state index in [0.717, 1.165) is 5.56 Å². The number of ether oxygens (including phenoxy) is 1. The number of benzene rings is 2. The van der Waals surface area contributed by atoms with E-state index in [1.165, 1.54) is 17.4 Å². The van der Waals surface area contributed by atoms with Crippen molar-refractivity contribution in [2.45, 2.75) is 19.8 Å². The fourth-order valence-electron chi connectivity index (χ4n) is 2.77. The van der Waals surface area contributed by atoms with Crippen molar-refractivity contribution in [1.29, 1.82) is 5.26 Å². The first kappa shape index (κ1) is 22.7. The van der Waals surface area contributed by atoms with Gasteiger partial charge in [0.15, 0.2) is 11.7 Å². The molecule has 32 heavy (non-hydrogen) atoms. The number of carbonyl (C=O) groups is 2. The predicted octanol–water partition coefficient (Wildman–Crippen LogP) is 4.83. The van der Waals surface area contributed by atoms with E-state index in [9.17, 15) is 14.9 Å². The van der Waals surface area contributed by atoms with E-state index in [4.69, 9.17) is 4.74 Å². The maximum Gasteiger partial charge on any atom is 0.266 e. The third-order valence-corrected chi connectivity index (χ3v) is 5.15. The number of hydrogen-bond donors (Lipinski definition) is 2. The average Bonchev–Trinajstić information content (AvgIpc) is 3.30. The zero-order valence-corrected chi connectivity index (χ0v) is 18.5. The monoisotopic (exact) mass is 446 g/mol. The van der Waals surface area contributed by atoms with Crippen molar-refractivity contribution in [2.24, 2.45) is 0 Å². The van der Waals surface area contributed by atoms with Crippen LogP contribution in [-0.4, -0.2) is 23.4 Å². The highest BCUT2D eigenvalue weighted by atomic mass is 32.1. The summed E-state index contributed by atoms with van der Waals surface area (Å²) in [6.07, 6.45) is 3.03. The number of rotatable bonds is 8. The molecule has 1 heterocycles. The van der Waals surface area contributed by atoms with Crippen molar-refractivity contribution >= 4 is 40.0 Å². The number of nitrogens with zero attached hydrogens (tertiary/aromatic N) is 2. The highest BCUT2D eigenvalue weighted by Crippen LogP contribution is 2.22. The summed E-state index contributed by atoms with van der Waals surface area (Å²) in [5, 5.41) is 17.1. The quantitative estimate of drug-likeness (QED) is 0.381. The maximum atomic E-state index is 12.6. The van der Waals surface area contributed by atoms with Crippen LogP contribution in [0.1, 0.15) is 30.9 Å². The van der Waals surface area contributed by atoms with Gasteiger partial charge in [-0.05, 0) is 35.8 Å². The van der Waals surface area contributed by atoms with Gasteiger partial charge in [-0.2, -0.15) is 5.26 Å². The Morgan fingerprint density at radius 3 is 2.56 bits per heavy atom. The normalized spacial score (nSPS) is 11.0. The fraction of sp³-hybridized carbons (Fsp3) is 0.167. The summed E-state index contributed by atoms with van der Waals surface area (Å²) in [5.74, 6) is -0.124. The molecule has 0 aliphatic carbocycles. The molecule has 2 aromatic carbocycles. The molecule has 3 rings (SSSR count). The van der Waals surface area contributed by atoms with Gasteiger partial charge >= 0.3 is 0 Å². The zero-order valence-electron chi connectivity index (χ0n) is 17.7. The van der Waals surface area contributed by atoms with Crippen LogP contribution in [0.2, 0.25) is 0 Å². The lowest BCUT2D eigenvalue weighted by molar-refractivity contribution is -0.118. The Labute approximate surface area is 190 Å². The lowest BCUT2D eigenvalue weighted by Gasteiger charge is -2.10. The summed E-state index contributed by atoms with van der Waals surface area (Å²) in [7, 11) is 0. The molecule has 0 fully saturated rings. The lowest BCUT2D eigenvalue weighted by atomic mass is 10.0. The molecule has 8 heteroatoms. The van der Waals surface area contributed by atoms with Crippen LogP contribution in [0.25, 0.3) is 6.08 Å². The van der Waals surface area contributed by atoms with Gasteiger partial charge in [-0.3, -0.25) is 14.9 Å². The Morgan fingerprint density at radius 1 is 1.16 bits per heavy atom. The molecule has 0 radical (unpaired) electrons. The number of carbonyl (C=O) groups excluding carboxylic acids is 2. The standard InChI is InChI=1S/C24H22N4O3S/c1-16(2)17-7-9-20(10-8-17)27-23(30)19(14-25)13-18-5-3-4-6-21(18)31-15-22(29)28-24-26-11-12-32-24/h3-13,16H,15H2,1-2H3,(H,27,30)(H,26,28,29)/b19-13+. The summed E-state index contributed by atoms with van der Waals surface area (Å²) in [4.78, 5) is 28.6. The highest BCUT2D eigenvalue weighted by Gasteiger charge is 2.13. The van der Waals surface area contributed by atoms with Gasteiger partial charge in [-0.1, -0.05) is 44.2 Å². The highest BCUT2D eigenvalue weighted by molar-refractivity contribution is 7.13. The Bertz CT molecular complexity index is 1150. The van der Waals surface area contributed by atoms with Gasteiger partial charge in [0.2, 0.25) is 0 Å². The van der Waals surface area contributed by atoms with Crippen LogP contribution in [0, 0.1) is 11.3 Å². The summed E-state index contributed by atoms with van der Waals surface area (Å²) in [6, 6.07) is 16.3. The molecular weight excluding hydrogens is 424 g/mol. The van der Waals surface area contributed by atoms with Gasteiger partial charge in [0.1, 0.15) is 17.4 Å². The number of hydrogen-bond acceptors (Lipinski definition) is 6. The van der Waals surface area contributed by atoms with Crippen molar-refractivity contribution in [2.75, 3.05) is 17.2 Å². The molecule has 0 aliphatic rings. The Balaban J connectivity index is 1.69. The Hall–Kier alpha value is -3.96. The fourth-order valence-corrected chi connectivity index (χ4v) is 3.31. The van der Waals surface area contributed by atoms with Crippen molar-refractivity contribution < 1.29 is 14.3 Å². The second-order valence-electron chi connectivity index (χ2n) is 7.11. The number of aromatic nitrogens is 1. The van der Waals surface area contributed by atoms with Crippen molar-refractivity contribution in [1.82, 2.24) is 4.98 Å². The zero-order chi connectivity index (χ0) is 22.9. The van der Waals surface area contributed by atoms with Crippen LogP contribution in [0.3, 0.4) is 0 Å².